The minimum Gasteiger partial charge on any atom is -0.296 e. The van der Waals surface area contributed by atoms with Gasteiger partial charge in [0.05, 0.1) is 17.4 Å². The molecule has 1 aromatic carbocycles. The zero-order chi connectivity index (χ0) is 14.1. The minimum absolute atomic E-state index is 0.389. The van der Waals surface area contributed by atoms with E-state index in [0.29, 0.717) is 29.3 Å². The maximum absolute atomic E-state index is 13.4. The monoisotopic (exact) mass is 293 g/mol. The first-order valence-electron chi connectivity index (χ1n) is 6.03. The SMILES string of the molecule is Fc1ccc(-n2c(CCCl)nc3cnccc32)cc1F. The molecule has 2 heterocycles. The summed E-state index contributed by atoms with van der Waals surface area (Å²) >= 11 is 5.78. The van der Waals surface area contributed by atoms with E-state index in [-0.39, 0.29) is 0 Å². The fraction of sp³-hybridized carbons (Fsp3) is 0.143. The van der Waals surface area contributed by atoms with Crippen LogP contribution in [0, 0.1) is 11.6 Å². The van der Waals surface area contributed by atoms with Crippen LogP contribution in [0.15, 0.2) is 36.7 Å². The van der Waals surface area contributed by atoms with Crippen molar-refractivity contribution in [2.45, 2.75) is 6.42 Å². The Morgan fingerprint density at radius 2 is 2.00 bits per heavy atom. The third-order valence-electron chi connectivity index (χ3n) is 3.01. The van der Waals surface area contributed by atoms with Crippen molar-refractivity contribution in [2.75, 3.05) is 5.88 Å². The number of benzene rings is 1. The standard InChI is InChI=1S/C14H10ClF2N3/c15-5-3-14-19-12-8-18-6-4-13(12)20(14)9-1-2-10(16)11(17)7-9/h1-2,4,6-8H,3,5H2. The van der Waals surface area contributed by atoms with Gasteiger partial charge in [0.25, 0.3) is 0 Å². The van der Waals surface area contributed by atoms with Crippen LogP contribution in [0.2, 0.25) is 0 Å². The molecule has 0 atom stereocenters. The van der Waals surface area contributed by atoms with E-state index >= 15 is 0 Å². The van der Waals surface area contributed by atoms with Crippen molar-refractivity contribution in [1.82, 2.24) is 14.5 Å². The van der Waals surface area contributed by atoms with E-state index < -0.39 is 11.6 Å². The highest BCUT2D eigenvalue weighted by molar-refractivity contribution is 6.17. The summed E-state index contributed by atoms with van der Waals surface area (Å²) in [6, 6.07) is 5.54. The van der Waals surface area contributed by atoms with Gasteiger partial charge in [0.1, 0.15) is 11.3 Å². The van der Waals surface area contributed by atoms with Crippen LogP contribution in [0.1, 0.15) is 5.82 Å². The predicted molar refractivity (Wildman–Crippen MR) is 73.2 cm³/mol. The molecule has 0 saturated heterocycles. The third-order valence-corrected chi connectivity index (χ3v) is 3.19. The highest BCUT2D eigenvalue weighted by Gasteiger charge is 2.13. The Morgan fingerprint density at radius 1 is 1.15 bits per heavy atom. The molecule has 0 aliphatic rings. The van der Waals surface area contributed by atoms with Gasteiger partial charge in [0.15, 0.2) is 11.6 Å². The van der Waals surface area contributed by atoms with E-state index in [4.69, 9.17) is 11.6 Å². The highest BCUT2D eigenvalue weighted by Crippen LogP contribution is 2.22. The molecule has 3 rings (SSSR count). The molecule has 0 radical (unpaired) electrons. The van der Waals surface area contributed by atoms with Crippen molar-refractivity contribution >= 4 is 22.6 Å². The van der Waals surface area contributed by atoms with Crippen molar-refractivity contribution in [1.29, 1.82) is 0 Å². The molecule has 20 heavy (non-hydrogen) atoms. The number of aryl methyl sites for hydroxylation is 1. The third kappa shape index (κ3) is 2.14. The van der Waals surface area contributed by atoms with E-state index in [1.807, 2.05) is 0 Å². The number of halogens is 3. The van der Waals surface area contributed by atoms with Crippen molar-refractivity contribution in [3.8, 4) is 5.69 Å². The Labute approximate surface area is 118 Å². The van der Waals surface area contributed by atoms with Gasteiger partial charge in [-0.2, -0.15) is 0 Å². The van der Waals surface area contributed by atoms with Gasteiger partial charge in [-0.25, -0.2) is 13.8 Å². The van der Waals surface area contributed by atoms with E-state index in [0.717, 1.165) is 17.6 Å². The molecule has 0 aliphatic carbocycles. The summed E-state index contributed by atoms with van der Waals surface area (Å²) in [6.07, 6.45) is 3.78. The Bertz CT molecular complexity index is 770. The van der Waals surface area contributed by atoms with Crippen LogP contribution in [-0.4, -0.2) is 20.4 Å². The maximum atomic E-state index is 13.4. The first-order chi connectivity index (χ1) is 9.70. The van der Waals surface area contributed by atoms with Crippen molar-refractivity contribution in [3.05, 3.63) is 54.1 Å². The lowest BCUT2D eigenvalue weighted by Crippen LogP contribution is -2.03. The van der Waals surface area contributed by atoms with Gasteiger partial charge in [-0.1, -0.05) is 0 Å². The van der Waals surface area contributed by atoms with Crippen molar-refractivity contribution < 1.29 is 8.78 Å². The molecule has 0 bridgehead atoms. The number of aromatic nitrogens is 3. The summed E-state index contributed by atoms with van der Waals surface area (Å²) < 4.78 is 28.3. The number of hydrogen-bond donors (Lipinski definition) is 0. The van der Waals surface area contributed by atoms with E-state index in [9.17, 15) is 8.78 Å². The average Bonchev–Trinajstić information content (AvgIpc) is 2.80. The van der Waals surface area contributed by atoms with Crippen LogP contribution in [0.25, 0.3) is 16.7 Å². The Morgan fingerprint density at radius 3 is 2.75 bits per heavy atom. The number of imidazole rings is 1. The molecule has 0 amide bonds. The molecule has 0 spiro atoms. The molecule has 0 N–H and O–H groups in total. The quantitative estimate of drug-likeness (QED) is 0.692. The first kappa shape index (κ1) is 13.0. The van der Waals surface area contributed by atoms with Crippen molar-refractivity contribution in [2.24, 2.45) is 0 Å². The predicted octanol–water partition coefficient (Wildman–Crippen LogP) is 3.48. The van der Waals surface area contributed by atoms with Crippen LogP contribution in [0.3, 0.4) is 0 Å². The van der Waals surface area contributed by atoms with Crippen LogP contribution in [0.5, 0.6) is 0 Å². The van der Waals surface area contributed by atoms with E-state index in [2.05, 4.69) is 9.97 Å². The summed E-state index contributed by atoms with van der Waals surface area (Å²) in [5, 5.41) is 0. The summed E-state index contributed by atoms with van der Waals surface area (Å²) in [5.74, 6) is -0.691. The smallest absolute Gasteiger partial charge is 0.160 e. The van der Waals surface area contributed by atoms with Gasteiger partial charge in [-0.3, -0.25) is 9.55 Å². The lowest BCUT2D eigenvalue weighted by Gasteiger charge is -2.08. The van der Waals surface area contributed by atoms with Crippen LogP contribution in [0.4, 0.5) is 8.78 Å². The summed E-state index contributed by atoms with van der Waals surface area (Å²) in [4.78, 5) is 8.44. The number of hydrogen-bond acceptors (Lipinski definition) is 2. The molecular weight excluding hydrogens is 284 g/mol. The zero-order valence-corrected chi connectivity index (χ0v) is 11.1. The molecule has 0 unspecified atom stereocenters. The molecule has 0 saturated carbocycles. The zero-order valence-electron chi connectivity index (χ0n) is 10.4. The van der Waals surface area contributed by atoms with Gasteiger partial charge < -0.3 is 0 Å². The fourth-order valence-corrected chi connectivity index (χ4v) is 2.32. The lowest BCUT2D eigenvalue weighted by atomic mass is 10.2. The second-order valence-corrected chi connectivity index (χ2v) is 4.64. The maximum Gasteiger partial charge on any atom is 0.160 e. The molecule has 3 aromatic rings. The van der Waals surface area contributed by atoms with Crippen LogP contribution < -0.4 is 0 Å². The number of alkyl halides is 1. The van der Waals surface area contributed by atoms with Gasteiger partial charge >= 0.3 is 0 Å². The van der Waals surface area contributed by atoms with Gasteiger partial charge in [0, 0.05) is 24.6 Å². The van der Waals surface area contributed by atoms with Crippen molar-refractivity contribution in [3.63, 3.8) is 0 Å². The minimum atomic E-state index is -0.893. The fourth-order valence-electron chi connectivity index (χ4n) is 2.15. The second kappa shape index (κ2) is 5.17. The Hall–Kier alpha value is -2.01. The molecular formula is C14H10ClF2N3. The number of rotatable bonds is 3. The summed E-state index contributed by atoms with van der Waals surface area (Å²) in [7, 11) is 0. The first-order valence-corrected chi connectivity index (χ1v) is 6.57. The number of pyridine rings is 1. The van der Waals surface area contributed by atoms with E-state index in [1.54, 1.807) is 23.0 Å². The molecule has 102 valence electrons. The van der Waals surface area contributed by atoms with Crippen LogP contribution >= 0.6 is 11.6 Å². The Balaban J connectivity index is 2.26. The van der Waals surface area contributed by atoms with Gasteiger partial charge in [0.2, 0.25) is 0 Å². The van der Waals surface area contributed by atoms with Gasteiger partial charge in [-0.15, -0.1) is 11.6 Å². The highest BCUT2D eigenvalue weighted by atomic mass is 35.5. The normalized spacial score (nSPS) is 11.2. The molecule has 0 fully saturated rings. The Kier molecular flexibility index (Phi) is 3.36. The van der Waals surface area contributed by atoms with Gasteiger partial charge in [-0.05, 0) is 18.2 Å². The molecule has 3 nitrogen and oxygen atoms in total. The number of nitrogens with zero attached hydrogens (tertiary/aromatic N) is 3. The summed E-state index contributed by atoms with van der Waals surface area (Å²) in [6.45, 7) is 0. The summed E-state index contributed by atoms with van der Waals surface area (Å²) in [5.41, 5.74) is 1.99. The molecule has 0 aliphatic heterocycles. The second-order valence-electron chi connectivity index (χ2n) is 4.27. The number of fused-ring (bicyclic) bond motifs is 1. The topological polar surface area (TPSA) is 30.7 Å². The lowest BCUT2D eigenvalue weighted by molar-refractivity contribution is 0.508. The molecule has 2 aromatic heterocycles. The van der Waals surface area contributed by atoms with Crippen LogP contribution in [-0.2, 0) is 6.42 Å². The van der Waals surface area contributed by atoms with E-state index in [1.165, 1.54) is 6.07 Å². The molecule has 6 heteroatoms. The average molecular weight is 294 g/mol. The largest absolute Gasteiger partial charge is 0.296 e.